The Balaban J connectivity index is 2.41. The van der Waals surface area contributed by atoms with Crippen molar-refractivity contribution in [2.75, 3.05) is 30.1 Å². The third-order valence-electron chi connectivity index (χ3n) is 4.08. The molecule has 0 saturated heterocycles. The molecule has 0 aliphatic rings. The highest BCUT2D eigenvalue weighted by Gasteiger charge is 2.32. The van der Waals surface area contributed by atoms with E-state index in [0.29, 0.717) is 17.2 Å². The Labute approximate surface area is 164 Å². The first-order valence-corrected chi connectivity index (χ1v) is 10.3. The summed E-state index contributed by atoms with van der Waals surface area (Å²) >= 11 is 0. The molecular weight excluding hydrogens is 387 g/mol. The Morgan fingerprint density at radius 3 is 2.29 bits per heavy atom. The molecule has 0 saturated carbocycles. The third-order valence-corrected chi connectivity index (χ3v) is 5.26. The molecule has 0 heterocycles. The largest absolute Gasteiger partial charge is 0.497 e. The van der Waals surface area contributed by atoms with Crippen LogP contribution in [-0.2, 0) is 14.8 Å². The molecule has 0 aliphatic heterocycles. The lowest BCUT2D eigenvalue weighted by atomic mass is 10.1. The summed E-state index contributed by atoms with van der Waals surface area (Å²) in [5.74, 6) is -0.154. The van der Waals surface area contributed by atoms with Gasteiger partial charge >= 0.3 is 0 Å². The maximum atomic E-state index is 13.3. The lowest BCUT2D eigenvalue weighted by Gasteiger charge is -2.30. The van der Waals surface area contributed by atoms with Crippen LogP contribution in [0.1, 0.15) is 13.3 Å². The van der Waals surface area contributed by atoms with E-state index in [9.17, 15) is 17.6 Å². The first kappa shape index (κ1) is 21.5. The molecule has 0 aliphatic carbocycles. The molecule has 2 rings (SSSR count). The van der Waals surface area contributed by atoms with E-state index in [-0.39, 0.29) is 12.1 Å². The summed E-state index contributed by atoms with van der Waals surface area (Å²) in [6.07, 6.45) is 1.20. The van der Waals surface area contributed by atoms with E-state index in [0.717, 1.165) is 22.7 Å². The van der Waals surface area contributed by atoms with E-state index in [1.54, 1.807) is 25.1 Å². The fourth-order valence-electron chi connectivity index (χ4n) is 2.78. The van der Waals surface area contributed by atoms with E-state index in [4.69, 9.17) is 9.47 Å². The second-order valence-corrected chi connectivity index (χ2v) is 7.87. The minimum absolute atomic E-state index is 0.197. The van der Waals surface area contributed by atoms with Crippen LogP contribution in [0.5, 0.6) is 11.5 Å². The Hall–Kier alpha value is -2.81. The Kier molecular flexibility index (Phi) is 6.85. The van der Waals surface area contributed by atoms with Gasteiger partial charge in [0, 0.05) is 6.07 Å². The summed E-state index contributed by atoms with van der Waals surface area (Å²) in [7, 11) is -0.871. The number of sulfonamides is 1. The number of amides is 1. The smallest absolute Gasteiger partial charge is 0.248 e. The molecule has 2 aromatic rings. The minimum Gasteiger partial charge on any atom is -0.497 e. The van der Waals surface area contributed by atoms with Crippen LogP contribution in [0, 0.1) is 5.82 Å². The van der Waals surface area contributed by atoms with Crippen molar-refractivity contribution in [1.82, 2.24) is 0 Å². The Morgan fingerprint density at radius 2 is 1.79 bits per heavy atom. The number of anilines is 2. The van der Waals surface area contributed by atoms with Crippen LogP contribution < -0.4 is 19.1 Å². The molecule has 0 bridgehead atoms. The van der Waals surface area contributed by atoms with Crippen molar-refractivity contribution in [2.24, 2.45) is 0 Å². The predicted molar refractivity (Wildman–Crippen MR) is 106 cm³/mol. The second kappa shape index (κ2) is 8.92. The van der Waals surface area contributed by atoms with Gasteiger partial charge < -0.3 is 14.8 Å². The topological polar surface area (TPSA) is 84.9 Å². The van der Waals surface area contributed by atoms with Crippen LogP contribution >= 0.6 is 0 Å². The summed E-state index contributed by atoms with van der Waals surface area (Å²) < 4.78 is 49.4. The summed E-state index contributed by atoms with van der Waals surface area (Å²) in [6.45, 7) is 1.69. The number of nitrogens with zero attached hydrogens (tertiary/aromatic N) is 1. The van der Waals surface area contributed by atoms with Crippen molar-refractivity contribution < 1.29 is 27.1 Å². The molecule has 152 valence electrons. The van der Waals surface area contributed by atoms with Crippen molar-refractivity contribution in [3.63, 3.8) is 0 Å². The number of hydrogen-bond donors (Lipinski definition) is 1. The summed E-state index contributed by atoms with van der Waals surface area (Å²) in [5, 5.41) is 2.70. The van der Waals surface area contributed by atoms with Gasteiger partial charge in [-0.05, 0) is 42.8 Å². The van der Waals surface area contributed by atoms with Crippen LogP contribution in [0.2, 0.25) is 0 Å². The number of carbonyl (C=O) groups is 1. The predicted octanol–water partition coefficient (Wildman–Crippen LogP) is 3.03. The minimum atomic E-state index is -3.81. The van der Waals surface area contributed by atoms with Gasteiger partial charge in [-0.15, -0.1) is 0 Å². The van der Waals surface area contributed by atoms with E-state index < -0.39 is 27.8 Å². The normalized spacial score (nSPS) is 12.2. The van der Waals surface area contributed by atoms with Gasteiger partial charge in [-0.25, -0.2) is 12.8 Å². The molecule has 0 spiro atoms. The quantitative estimate of drug-likeness (QED) is 0.723. The van der Waals surface area contributed by atoms with E-state index >= 15 is 0 Å². The van der Waals surface area contributed by atoms with E-state index in [1.165, 1.54) is 26.4 Å². The van der Waals surface area contributed by atoms with Crippen LogP contribution in [0.3, 0.4) is 0 Å². The second-order valence-electron chi connectivity index (χ2n) is 6.01. The SMILES string of the molecule is CC[C@H](C(=O)Nc1cc(OC)ccc1OC)N(c1ccc(F)cc1)S(C)(=O)=O. The fraction of sp³-hybridized carbons (Fsp3) is 0.316. The number of nitrogens with one attached hydrogen (secondary N) is 1. The molecule has 0 radical (unpaired) electrons. The van der Waals surface area contributed by atoms with Gasteiger partial charge in [0.25, 0.3) is 0 Å². The molecule has 28 heavy (non-hydrogen) atoms. The number of methoxy groups -OCH3 is 2. The van der Waals surface area contributed by atoms with Crippen LogP contribution in [-0.4, -0.2) is 40.8 Å². The monoisotopic (exact) mass is 410 g/mol. The van der Waals surface area contributed by atoms with Crippen LogP contribution in [0.15, 0.2) is 42.5 Å². The highest BCUT2D eigenvalue weighted by Crippen LogP contribution is 2.30. The maximum Gasteiger partial charge on any atom is 0.248 e. The molecule has 0 aromatic heterocycles. The van der Waals surface area contributed by atoms with Crippen LogP contribution in [0.4, 0.5) is 15.8 Å². The summed E-state index contributed by atoms with van der Waals surface area (Å²) in [4.78, 5) is 13.0. The zero-order chi connectivity index (χ0) is 20.9. The molecular formula is C19H23FN2O5S. The van der Waals surface area contributed by atoms with Gasteiger partial charge in [-0.2, -0.15) is 0 Å². The molecule has 1 atom stereocenters. The lowest BCUT2D eigenvalue weighted by molar-refractivity contribution is -0.117. The first-order valence-electron chi connectivity index (χ1n) is 8.49. The van der Waals surface area contributed by atoms with Gasteiger partial charge in [0.15, 0.2) is 0 Å². The summed E-state index contributed by atoms with van der Waals surface area (Å²) in [6, 6.07) is 8.75. The molecule has 0 unspecified atom stereocenters. The maximum absolute atomic E-state index is 13.3. The standard InChI is InChI=1S/C19H23FN2O5S/c1-5-17(22(28(4,24)25)14-8-6-13(20)7-9-14)19(23)21-16-12-15(26-2)10-11-18(16)27-3/h6-12,17H,5H2,1-4H3,(H,21,23)/t17-/m1/s1. The number of ether oxygens (including phenoxy) is 2. The molecule has 1 N–H and O–H groups in total. The number of carbonyl (C=O) groups excluding carboxylic acids is 1. The highest BCUT2D eigenvalue weighted by molar-refractivity contribution is 7.92. The van der Waals surface area contributed by atoms with Crippen molar-refractivity contribution in [3.05, 3.63) is 48.3 Å². The number of hydrogen-bond acceptors (Lipinski definition) is 5. The zero-order valence-corrected chi connectivity index (χ0v) is 16.9. The zero-order valence-electron chi connectivity index (χ0n) is 16.1. The third kappa shape index (κ3) is 4.92. The van der Waals surface area contributed by atoms with Gasteiger partial charge in [-0.1, -0.05) is 6.92 Å². The number of rotatable bonds is 8. The van der Waals surface area contributed by atoms with Gasteiger partial charge in [0.05, 0.1) is 31.9 Å². The molecule has 9 heteroatoms. The number of halogens is 1. The average molecular weight is 410 g/mol. The Bertz CT molecular complexity index is 932. The van der Waals surface area contributed by atoms with Gasteiger partial charge in [0.1, 0.15) is 23.4 Å². The van der Waals surface area contributed by atoms with Crippen LogP contribution in [0.25, 0.3) is 0 Å². The average Bonchev–Trinajstić information content (AvgIpc) is 2.65. The van der Waals surface area contributed by atoms with Crippen molar-refractivity contribution in [3.8, 4) is 11.5 Å². The lowest BCUT2D eigenvalue weighted by Crippen LogP contribution is -2.47. The Morgan fingerprint density at radius 1 is 1.14 bits per heavy atom. The van der Waals surface area contributed by atoms with Crippen molar-refractivity contribution in [1.29, 1.82) is 0 Å². The van der Waals surface area contributed by atoms with Crippen molar-refractivity contribution >= 4 is 27.3 Å². The van der Waals surface area contributed by atoms with E-state index in [1.807, 2.05) is 0 Å². The summed E-state index contributed by atoms with van der Waals surface area (Å²) in [5.41, 5.74) is 0.543. The molecule has 7 nitrogen and oxygen atoms in total. The van der Waals surface area contributed by atoms with Gasteiger partial charge in [-0.3, -0.25) is 9.10 Å². The molecule has 1 amide bonds. The first-order chi connectivity index (χ1) is 13.2. The number of benzene rings is 2. The van der Waals surface area contributed by atoms with E-state index in [2.05, 4.69) is 5.32 Å². The fourth-order valence-corrected chi connectivity index (χ4v) is 3.99. The molecule has 2 aromatic carbocycles. The highest BCUT2D eigenvalue weighted by atomic mass is 32.2. The van der Waals surface area contributed by atoms with Gasteiger partial charge in [0.2, 0.25) is 15.9 Å². The van der Waals surface area contributed by atoms with Crippen molar-refractivity contribution in [2.45, 2.75) is 19.4 Å². The molecule has 0 fully saturated rings.